The summed E-state index contributed by atoms with van der Waals surface area (Å²) < 4.78 is 5.27. The molecular formula is C14H17N5O2. The van der Waals surface area contributed by atoms with Crippen LogP contribution in [0.1, 0.15) is 25.2 Å². The lowest BCUT2D eigenvalue weighted by atomic mass is 10.0. The third-order valence-corrected chi connectivity index (χ3v) is 3.67. The van der Waals surface area contributed by atoms with E-state index in [2.05, 4.69) is 15.1 Å². The van der Waals surface area contributed by atoms with E-state index in [-0.39, 0.29) is 11.9 Å². The first kappa shape index (κ1) is 13.7. The Hall–Kier alpha value is -2.28. The summed E-state index contributed by atoms with van der Waals surface area (Å²) in [6.45, 7) is 1.26. The third kappa shape index (κ3) is 3.08. The van der Waals surface area contributed by atoms with Gasteiger partial charge in [0.25, 0.3) is 0 Å². The Morgan fingerprint density at radius 1 is 1.48 bits per heavy atom. The smallest absolute Gasteiger partial charge is 0.241 e. The van der Waals surface area contributed by atoms with Crippen molar-refractivity contribution in [3.8, 4) is 11.4 Å². The van der Waals surface area contributed by atoms with Crippen LogP contribution in [0.2, 0.25) is 0 Å². The standard InChI is InChI=1S/C14H17N5O2/c15-13(20)11-5-1-2-7-19(11)9-12-17-14(18-21-12)10-4-3-6-16-8-10/h3-4,6,8,11H,1-2,5,7,9H2,(H2,15,20)/t11-/m1/s1. The molecule has 7 heteroatoms. The largest absolute Gasteiger partial charge is 0.368 e. The number of carbonyl (C=O) groups is 1. The first-order valence-electron chi connectivity index (χ1n) is 7.00. The number of amides is 1. The van der Waals surface area contributed by atoms with Crippen LogP contribution in [-0.2, 0) is 11.3 Å². The SMILES string of the molecule is NC(=O)[C@H]1CCCCN1Cc1nc(-c2cccnc2)no1. The summed E-state index contributed by atoms with van der Waals surface area (Å²) >= 11 is 0. The molecule has 1 atom stereocenters. The summed E-state index contributed by atoms with van der Waals surface area (Å²) in [4.78, 5) is 21.9. The summed E-state index contributed by atoms with van der Waals surface area (Å²) in [5, 5.41) is 3.95. The summed E-state index contributed by atoms with van der Waals surface area (Å²) in [5.74, 6) is 0.703. The van der Waals surface area contributed by atoms with Gasteiger partial charge in [-0.1, -0.05) is 11.6 Å². The molecule has 1 aliphatic heterocycles. The number of rotatable bonds is 4. The highest BCUT2D eigenvalue weighted by molar-refractivity contribution is 5.79. The van der Waals surface area contributed by atoms with Gasteiger partial charge >= 0.3 is 0 Å². The maximum atomic E-state index is 11.5. The van der Waals surface area contributed by atoms with Crippen molar-refractivity contribution in [3.05, 3.63) is 30.4 Å². The number of primary amides is 1. The van der Waals surface area contributed by atoms with E-state index in [1.165, 1.54) is 0 Å². The Morgan fingerprint density at radius 3 is 3.14 bits per heavy atom. The number of carbonyl (C=O) groups excluding carboxylic acids is 1. The molecule has 0 radical (unpaired) electrons. The number of nitrogens with zero attached hydrogens (tertiary/aromatic N) is 4. The average Bonchev–Trinajstić information content (AvgIpc) is 2.97. The fourth-order valence-electron chi connectivity index (χ4n) is 2.61. The van der Waals surface area contributed by atoms with Crippen molar-refractivity contribution in [3.63, 3.8) is 0 Å². The molecule has 7 nitrogen and oxygen atoms in total. The molecule has 2 aromatic rings. The number of piperidine rings is 1. The molecule has 1 saturated heterocycles. The third-order valence-electron chi connectivity index (χ3n) is 3.67. The van der Waals surface area contributed by atoms with Crippen LogP contribution >= 0.6 is 0 Å². The molecule has 2 aromatic heterocycles. The highest BCUT2D eigenvalue weighted by atomic mass is 16.5. The lowest BCUT2D eigenvalue weighted by Crippen LogP contribution is -2.47. The number of aromatic nitrogens is 3. The van der Waals surface area contributed by atoms with Gasteiger partial charge in [-0.3, -0.25) is 14.7 Å². The quantitative estimate of drug-likeness (QED) is 0.899. The Labute approximate surface area is 122 Å². The molecule has 0 unspecified atom stereocenters. The lowest BCUT2D eigenvalue weighted by molar-refractivity contribution is -0.124. The molecule has 3 heterocycles. The fourth-order valence-corrected chi connectivity index (χ4v) is 2.61. The molecule has 110 valence electrons. The second kappa shape index (κ2) is 6.01. The van der Waals surface area contributed by atoms with Crippen molar-refractivity contribution in [1.29, 1.82) is 0 Å². The minimum Gasteiger partial charge on any atom is -0.368 e. The van der Waals surface area contributed by atoms with Gasteiger partial charge in [-0.05, 0) is 31.5 Å². The Balaban J connectivity index is 1.73. The summed E-state index contributed by atoms with van der Waals surface area (Å²) in [6.07, 6.45) is 6.23. The molecule has 0 aliphatic carbocycles. The highest BCUT2D eigenvalue weighted by Crippen LogP contribution is 2.20. The minimum absolute atomic E-state index is 0.243. The van der Waals surface area contributed by atoms with Gasteiger partial charge in [0.2, 0.25) is 17.6 Å². The Kier molecular flexibility index (Phi) is 3.92. The van der Waals surface area contributed by atoms with E-state index in [9.17, 15) is 4.79 Å². The summed E-state index contributed by atoms with van der Waals surface area (Å²) in [7, 11) is 0. The minimum atomic E-state index is -0.290. The fraction of sp³-hybridized carbons (Fsp3) is 0.429. The van der Waals surface area contributed by atoms with Crippen molar-refractivity contribution in [1.82, 2.24) is 20.0 Å². The molecule has 3 rings (SSSR count). The molecule has 21 heavy (non-hydrogen) atoms. The lowest BCUT2D eigenvalue weighted by Gasteiger charge is -2.32. The normalized spacial score (nSPS) is 19.5. The molecule has 0 bridgehead atoms. The van der Waals surface area contributed by atoms with E-state index in [1.54, 1.807) is 12.4 Å². The number of pyridine rings is 1. The van der Waals surface area contributed by atoms with Crippen LogP contribution < -0.4 is 5.73 Å². The van der Waals surface area contributed by atoms with Crippen LogP contribution in [0.4, 0.5) is 0 Å². The van der Waals surface area contributed by atoms with Crippen LogP contribution in [0, 0.1) is 0 Å². The maximum absolute atomic E-state index is 11.5. The Bertz CT molecular complexity index is 613. The first-order chi connectivity index (χ1) is 10.2. The van der Waals surface area contributed by atoms with Gasteiger partial charge in [0.05, 0.1) is 12.6 Å². The molecule has 1 aliphatic rings. The van der Waals surface area contributed by atoms with Crippen molar-refractivity contribution >= 4 is 5.91 Å². The molecule has 0 saturated carbocycles. The van der Waals surface area contributed by atoms with E-state index in [0.29, 0.717) is 18.3 Å². The van der Waals surface area contributed by atoms with Crippen LogP contribution in [0.15, 0.2) is 29.0 Å². The van der Waals surface area contributed by atoms with Crippen molar-refractivity contribution in [2.24, 2.45) is 5.73 Å². The number of likely N-dealkylation sites (tertiary alicyclic amines) is 1. The number of hydrogen-bond acceptors (Lipinski definition) is 6. The Morgan fingerprint density at radius 2 is 2.38 bits per heavy atom. The van der Waals surface area contributed by atoms with Gasteiger partial charge in [-0.2, -0.15) is 4.98 Å². The van der Waals surface area contributed by atoms with E-state index in [1.807, 2.05) is 17.0 Å². The first-order valence-corrected chi connectivity index (χ1v) is 7.00. The number of nitrogens with two attached hydrogens (primary N) is 1. The van der Waals surface area contributed by atoms with Crippen molar-refractivity contribution in [2.75, 3.05) is 6.54 Å². The second-order valence-corrected chi connectivity index (χ2v) is 5.14. The number of hydrogen-bond donors (Lipinski definition) is 1. The zero-order chi connectivity index (χ0) is 14.7. The predicted octanol–water partition coefficient (Wildman–Crippen LogP) is 0.971. The van der Waals surface area contributed by atoms with Gasteiger partial charge in [0, 0.05) is 18.0 Å². The topological polar surface area (TPSA) is 98.1 Å². The second-order valence-electron chi connectivity index (χ2n) is 5.14. The van der Waals surface area contributed by atoms with Gasteiger partial charge in [-0.25, -0.2) is 0 Å². The summed E-state index contributed by atoms with van der Waals surface area (Å²) in [5.41, 5.74) is 6.26. The van der Waals surface area contributed by atoms with Crippen LogP contribution in [0.25, 0.3) is 11.4 Å². The van der Waals surface area contributed by atoms with E-state index < -0.39 is 0 Å². The van der Waals surface area contributed by atoms with Crippen molar-refractivity contribution < 1.29 is 9.32 Å². The summed E-state index contributed by atoms with van der Waals surface area (Å²) in [6, 6.07) is 3.45. The van der Waals surface area contributed by atoms with Crippen LogP contribution in [0.3, 0.4) is 0 Å². The van der Waals surface area contributed by atoms with E-state index >= 15 is 0 Å². The molecular weight excluding hydrogens is 270 g/mol. The average molecular weight is 287 g/mol. The molecule has 0 spiro atoms. The van der Waals surface area contributed by atoms with E-state index in [4.69, 9.17) is 10.3 Å². The molecule has 2 N–H and O–H groups in total. The van der Waals surface area contributed by atoms with Gasteiger partial charge < -0.3 is 10.3 Å². The zero-order valence-electron chi connectivity index (χ0n) is 11.6. The highest BCUT2D eigenvalue weighted by Gasteiger charge is 2.28. The van der Waals surface area contributed by atoms with E-state index in [0.717, 1.165) is 31.4 Å². The predicted molar refractivity (Wildman–Crippen MR) is 74.8 cm³/mol. The van der Waals surface area contributed by atoms with Crippen molar-refractivity contribution in [2.45, 2.75) is 31.8 Å². The van der Waals surface area contributed by atoms with Gasteiger partial charge in [0.1, 0.15) is 0 Å². The van der Waals surface area contributed by atoms with Gasteiger partial charge in [0.15, 0.2) is 0 Å². The molecule has 1 fully saturated rings. The van der Waals surface area contributed by atoms with Crippen LogP contribution in [-0.4, -0.2) is 38.5 Å². The maximum Gasteiger partial charge on any atom is 0.241 e. The monoisotopic (exact) mass is 287 g/mol. The molecule has 1 amide bonds. The zero-order valence-corrected chi connectivity index (χ0v) is 11.6. The van der Waals surface area contributed by atoms with Crippen LogP contribution in [0.5, 0.6) is 0 Å². The van der Waals surface area contributed by atoms with Gasteiger partial charge in [-0.15, -0.1) is 0 Å². The molecule has 0 aromatic carbocycles.